The van der Waals surface area contributed by atoms with Gasteiger partial charge in [-0.25, -0.2) is 0 Å². The van der Waals surface area contributed by atoms with E-state index in [1.807, 2.05) is 0 Å². The standard InChI is InChI=1S/C10H21P/c1-4-7-10-11(8-5-2)9-6-3/h7,10H,4-6,8-9H2,1-3H3/b10-7+. The Morgan fingerprint density at radius 3 is 1.91 bits per heavy atom. The molecule has 0 aliphatic heterocycles. The molecule has 11 heavy (non-hydrogen) atoms. The van der Waals surface area contributed by atoms with Crippen molar-refractivity contribution in [3.8, 4) is 0 Å². The van der Waals surface area contributed by atoms with Gasteiger partial charge < -0.3 is 0 Å². The van der Waals surface area contributed by atoms with Crippen LogP contribution >= 0.6 is 7.92 Å². The second-order valence-corrected chi connectivity index (χ2v) is 5.20. The average molecular weight is 172 g/mol. The summed E-state index contributed by atoms with van der Waals surface area (Å²) in [5, 5.41) is 0. The number of allylic oxidation sites excluding steroid dienone is 1. The van der Waals surface area contributed by atoms with Crippen molar-refractivity contribution in [3.05, 3.63) is 11.9 Å². The van der Waals surface area contributed by atoms with Gasteiger partial charge in [-0.05, 0) is 18.7 Å². The molecule has 0 atom stereocenters. The quantitative estimate of drug-likeness (QED) is 0.526. The normalized spacial score (nSPS) is 11.6. The average Bonchev–Trinajstić information content (AvgIpc) is 2.01. The van der Waals surface area contributed by atoms with Crippen molar-refractivity contribution < 1.29 is 0 Å². The molecule has 0 aromatic rings. The van der Waals surface area contributed by atoms with Crippen LogP contribution in [0.3, 0.4) is 0 Å². The van der Waals surface area contributed by atoms with Crippen LogP contribution in [0.5, 0.6) is 0 Å². The Hall–Kier alpha value is 0.170. The van der Waals surface area contributed by atoms with Gasteiger partial charge in [-0.1, -0.05) is 53.4 Å². The first kappa shape index (κ1) is 11.2. The van der Waals surface area contributed by atoms with Crippen molar-refractivity contribution >= 4 is 7.92 Å². The van der Waals surface area contributed by atoms with E-state index in [1.54, 1.807) is 0 Å². The van der Waals surface area contributed by atoms with Crippen LogP contribution < -0.4 is 0 Å². The fourth-order valence-corrected chi connectivity index (χ4v) is 3.27. The van der Waals surface area contributed by atoms with Gasteiger partial charge >= 0.3 is 0 Å². The molecule has 66 valence electrons. The molecule has 0 aromatic heterocycles. The van der Waals surface area contributed by atoms with Gasteiger partial charge in [-0.2, -0.15) is 0 Å². The molecular weight excluding hydrogens is 151 g/mol. The Morgan fingerprint density at radius 2 is 1.55 bits per heavy atom. The molecule has 0 nitrogen and oxygen atoms in total. The lowest BCUT2D eigenvalue weighted by Gasteiger charge is -2.09. The van der Waals surface area contributed by atoms with E-state index in [0.29, 0.717) is 0 Å². The summed E-state index contributed by atoms with van der Waals surface area (Å²) in [4.78, 5) is 0. The minimum Gasteiger partial charge on any atom is -0.0843 e. The fraction of sp³-hybridized carbons (Fsp3) is 0.800. The predicted molar refractivity (Wildman–Crippen MR) is 56.7 cm³/mol. The van der Waals surface area contributed by atoms with Gasteiger partial charge in [0.1, 0.15) is 0 Å². The molecule has 0 aliphatic carbocycles. The highest BCUT2D eigenvalue weighted by Gasteiger charge is 1.98. The first-order chi connectivity index (χ1) is 5.35. The van der Waals surface area contributed by atoms with E-state index < -0.39 is 0 Å². The first-order valence-corrected chi connectivity index (χ1v) is 6.53. The van der Waals surface area contributed by atoms with Crippen LogP contribution in [-0.2, 0) is 0 Å². The molecule has 0 spiro atoms. The van der Waals surface area contributed by atoms with Gasteiger partial charge in [0.25, 0.3) is 0 Å². The van der Waals surface area contributed by atoms with Crippen LogP contribution in [0.1, 0.15) is 40.0 Å². The maximum atomic E-state index is 2.46. The highest BCUT2D eigenvalue weighted by Crippen LogP contribution is 2.38. The Labute approximate surface area is 72.8 Å². The summed E-state index contributed by atoms with van der Waals surface area (Å²) >= 11 is 0. The molecule has 0 radical (unpaired) electrons. The second-order valence-electron chi connectivity index (χ2n) is 2.83. The van der Waals surface area contributed by atoms with Crippen LogP contribution in [0.4, 0.5) is 0 Å². The maximum Gasteiger partial charge on any atom is -0.0294 e. The summed E-state index contributed by atoms with van der Waals surface area (Å²) in [6.07, 6.45) is 9.09. The SMILES string of the molecule is CC/C=C/P(CCC)CCC. The third-order valence-electron chi connectivity index (χ3n) is 1.57. The monoisotopic (exact) mass is 172 g/mol. The lowest BCUT2D eigenvalue weighted by atomic mass is 10.5. The lowest BCUT2D eigenvalue weighted by Crippen LogP contribution is -1.84. The third kappa shape index (κ3) is 6.56. The van der Waals surface area contributed by atoms with Crippen molar-refractivity contribution in [3.63, 3.8) is 0 Å². The summed E-state index contributed by atoms with van der Waals surface area (Å²) in [6.45, 7) is 6.78. The summed E-state index contributed by atoms with van der Waals surface area (Å²) in [6, 6.07) is 0. The minimum absolute atomic E-state index is 0.253. The molecule has 0 saturated carbocycles. The van der Waals surface area contributed by atoms with Crippen molar-refractivity contribution in [1.29, 1.82) is 0 Å². The van der Waals surface area contributed by atoms with Crippen LogP contribution in [0.2, 0.25) is 0 Å². The van der Waals surface area contributed by atoms with E-state index in [2.05, 4.69) is 32.7 Å². The second kappa shape index (κ2) is 8.27. The lowest BCUT2D eigenvalue weighted by molar-refractivity contribution is 1.06. The van der Waals surface area contributed by atoms with Gasteiger partial charge in [0.05, 0.1) is 0 Å². The van der Waals surface area contributed by atoms with E-state index in [4.69, 9.17) is 0 Å². The summed E-state index contributed by atoms with van der Waals surface area (Å²) in [5.74, 6) is 2.46. The van der Waals surface area contributed by atoms with Gasteiger partial charge in [-0.3, -0.25) is 0 Å². The van der Waals surface area contributed by atoms with Gasteiger partial charge in [0.15, 0.2) is 0 Å². The molecule has 0 fully saturated rings. The molecular formula is C10H21P. The van der Waals surface area contributed by atoms with Crippen LogP contribution in [0.15, 0.2) is 11.9 Å². The zero-order chi connectivity index (χ0) is 8.53. The van der Waals surface area contributed by atoms with E-state index in [9.17, 15) is 0 Å². The fourth-order valence-electron chi connectivity index (χ4n) is 1.09. The number of hydrogen-bond acceptors (Lipinski definition) is 0. The van der Waals surface area contributed by atoms with Crippen molar-refractivity contribution in [2.45, 2.75) is 40.0 Å². The summed E-state index contributed by atoms with van der Waals surface area (Å²) in [5.41, 5.74) is 0. The molecule has 0 amide bonds. The van der Waals surface area contributed by atoms with Crippen LogP contribution in [0.25, 0.3) is 0 Å². The summed E-state index contributed by atoms with van der Waals surface area (Å²) < 4.78 is 0. The molecule has 0 aromatic carbocycles. The highest BCUT2D eigenvalue weighted by atomic mass is 31.1. The van der Waals surface area contributed by atoms with Crippen molar-refractivity contribution in [1.82, 2.24) is 0 Å². The van der Waals surface area contributed by atoms with Crippen molar-refractivity contribution in [2.24, 2.45) is 0 Å². The Morgan fingerprint density at radius 1 is 1.00 bits per heavy atom. The minimum atomic E-state index is 0.253. The summed E-state index contributed by atoms with van der Waals surface area (Å²) in [7, 11) is 0.253. The third-order valence-corrected chi connectivity index (χ3v) is 4.25. The van der Waals surface area contributed by atoms with E-state index >= 15 is 0 Å². The molecule has 0 N–H and O–H groups in total. The Balaban J connectivity index is 3.58. The Kier molecular flexibility index (Phi) is 8.40. The number of rotatable bonds is 6. The predicted octanol–water partition coefficient (Wildman–Crippen LogP) is 4.21. The zero-order valence-electron chi connectivity index (χ0n) is 8.14. The largest absolute Gasteiger partial charge is 0.0843 e. The number of hydrogen-bond donors (Lipinski definition) is 0. The topological polar surface area (TPSA) is 0 Å². The van der Waals surface area contributed by atoms with Crippen LogP contribution in [-0.4, -0.2) is 12.3 Å². The van der Waals surface area contributed by atoms with Gasteiger partial charge in [-0.15, -0.1) is 0 Å². The van der Waals surface area contributed by atoms with Crippen molar-refractivity contribution in [2.75, 3.05) is 12.3 Å². The zero-order valence-corrected chi connectivity index (χ0v) is 9.03. The molecule has 0 heterocycles. The van der Waals surface area contributed by atoms with Crippen LogP contribution in [0, 0.1) is 0 Å². The van der Waals surface area contributed by atoms with Gasteiger partial charge in [0.2, 0.25) is 0 Å². The smallest absolute Gasteiger partial charge is 0.0294 e. The Bertz CT molecular complexity index is 91.0. The van der Waals surface area contributed by atoms with E-state index in [0.717, 1.165) is 0 Å². The highest BCUT2D eigenvalue weighted by molar-refractivity contribution is 7.60. The van der Waals surface area contributed by atoms with Gasteiger partial charge in [0, 0.05) is 0 Å². The molecule has 0 rings (SSSR count). The molecule has 0 unspecified atom stereocenters. The van der Waals surface area contributed by atoms with E-state index in [-0.39, 0.29) is 7.92 Å². The molecule has 0 bridgehead atoms. The maximum absolute atomic E-state index is 2.46. The first-order valence-electron chi connectivity index (χ1n) is 4.75. The molecule has 0 saturated heterocycles. The molecule has 0 aliphatic rings. The van der Waals surface area contributed by atoms with E-state index in [1.165, 1.54) is 31.6 Å². The molecule has 1 heteroatoms.